The molecule has 0 rings (SSSR count). The maximum atomic E-state index is 11.9. The lowest BCUT2D eigenvalue weighted by Gasteiger charge is -2.25. The average molecular weight is 242 g/mol. The van der Waals surface area contributed by atoms with Crippen LogP contribution in [0.3, 0.4) is 0 Å². The monoisotopic (exact) mass is 242 g/mol. The smallest absolute Gasteiger partial charge is 0.317 e. The summed E-state index contributed by atoms with van der Waals surface area (Å²) in [6.45, 7) is 11.1. The van der Waals surface area contributed by atoms with Gasteiger partial charge >= 0.3 is 5.97 Å². The summed E-state index contributed by atoms with van der Waals surface area (Å²) in [4.78, 5) is 25.8. The number of likely N-dealkylation sites (N-methyl/N-ethyl adjacent to an activating group) is 2. The molecule has 17 heavy (non-hydrogen) atoms. The number of nitrogens with zero attached hydrogens (tertiary/aromatic N) is 2. The molecule has 0 aliphatic carbocycles. The first kappa shape index (κ1) is 15.6. The highest BCUT2D eigenvalue weighted by Crippen LogP contribution is 1.99. The Morgan fingerprint density at radius 1 is 1.12 bits per heavy atom. The lowest BCUT2D eigenvalue weighted by molar-refractivity contribution is -0.139. The molecule has 0 fully saturated rings. The minimum atomic E-state index is -0.914. The van der Waals surface area contributed by atoms with Crippen molar-refractivity contribution in [1.29, 1.82) is 0 Å². The number of hydrogen-bond donors (Lipinski definition) is 1. The highest BCUT2D eigenvalue weighted by Gasteiger charge is 2.16. The molecule has 1 amide bonds. The summed E-state index contributed by atoms with van der Waals surface area (Å²) < 4.78 is 0. The summed E-state index contributed by atoms with van der Waals surface area (Å²) in [6, 6.07) is 0. The number of amides is 1. The lowest BCUT2D eigenvalue weighted by atomic mass is 10.3. The average Bonchev–Trinajstić information content (AvgIpc) is 2.23. The van der Waals surface area contributed by atoms with Gasteiger partial charge in [-0.2, -0.15) is 0 Å². The maximum Gasteiger partial charge on any atom is 0.317 e. The molecular formula is C12H22N2O3. The zero-order valence-electron chi connectivity index (χ0n) is 10.9. The number of rotatable bonds is 8. The van der Waals surface area contributed by atoms with Crippen LogP contribution in [0, 0.1) is 0 Å². The molecule has 0 aromatic heterocycles. The highest BCUT2D eigenvalue weighted by atomic mass is 16.4. The maximum absolute atomic E-state index is 11.9. The minimum absolute atomic E-state index is 0.0569. The van der Waals surface area contributed by atoms with Crippen molar-refractivity contribution in [3.63, 3.8) is 0 Å². The van der Waals surface area contributed by atoms with Gasteiger partial charge in [0.25, 0.3) is 0 Å². The molecule has 0 aromatic carbocycles. The van der Waals surface area contributed by atoms with Crippen LogP contribution in [0.5, 0.6) is 0 Å². The van der Waals surface area contributed by atoms with Gasteiger partial charge in [0.05, 0.1) is 13.1 Å². The molecule has 0 saturated carbocycles. The molecular weight excluding hydrogens is 220 g/mol. The Balaban J connectivity index is 4.36. The molecule has 0 aliphatic heterocycles. The van der Waals surface area contributed by atoms with Gasteiger partial charge in [-0.25, -0.2) is 0 Å². The molecule has 0 spiro atoms. The Labute approximate surface area is 103 Å². The normalized spacial score (nSPS) is 10.4. The van der Waals surface area contributed by atoms with Crippen molar-refractivity contribution >= 4 is 11.9 Å². The molecule has 5 nitrogen and oxygen atoms in total. The standard InChI is InChI=1S/C12H22N2O3/c1-5-13(9-12(16)17)8-11(15)14(6-2)7-10(3)4/h3,5-9H2,1-2,4H3,(H,16,17). The number of carboxylic acid groups (broad SMARTS) is 1. The quantitative estimate of drug-likeness (QED) is 0.640. The molecule has 0 aromatic rings. The molecule has 0 saturated heterocycles. The molecule has 0 unspecified atom stereocenters. The van der Waals surface area contributed by atoms with E-state index in [9.17, 15) is 9.59 Å². The number of aliphatic carboxylic acids is 1. The summed E-state index contributed by atoms with van der Waals surface area (Å²) in [5.74, 6) is -0.971. The van der Waals surface area contributed by atoms with E-state index in [2.05, 4.69) is 6.58 Å². The summed E-state index contributed by atoms with van der Waals surface area (Å²) >= 11 is 0. The predicted octanol–water partition coefficient (Wildman–Crippen LogP) is 0.817. The van der Waals surface area contributed by atoms with E-state index in [4.69, 9.17) is 5.11 Å². The first-order chi connectivity index (χ1) is 7.90. The van der Waals surface area contributed by atoms with Crippen molar-refractivity contribution in [2.45, 2.75) is 20.8 Å². The second-order valence-corrected chi connectivity index (χ2v) is 4.06. The van der Waals surface area contributed by atoms with Crippen LogP contribution in [-0.2, 0) is 9.59 Å². The molecule has 0 aliphatic rings. The third-order valence-electron chi connectivity index (χ3n) is 2.36. The number of carbonyl (C=O) groups excluding carboxylic acids is 1. The SMILES string of the molecule is C=C(C)CN(CC)C(=O)CN(CC)CC(=O)O. The fourth-order valence-corrected chi connectivity index (χ4v) is 1.46. The Morgan fingerprint density at radius 2 is 1.71 bits per heavy atom. The van der Waals surface area contributed by atoms with Crippen molar-refractivity contribution in [3.8, 4) is 0 Å². The van der Waals surface area contributed by atoms with Crippen LogP contribution in [0.25, 0.3) is 0 Å². The summed E-state index contributed by atoms with van der Waals surface area (Å²) in [5.41, 5.74) is 0.918. The minimum Gasteiger partial charge on any atom is -0.480 e. The summed E-state index contributed by atoms with van der Waals surface area (Å²) in [7, 11) is 0. The Kier molecular flexibility index (Phi) is 7.21. The third-order valence-corrected chi connectivity index (χ3v) is 2.36. The first-order valence-corrected chi connectivity index (χ1v) is 5.77. The van der Waals surface area contributed by atoms with Crippen LogP contribution in [0.2, 0.25) is 0 Å². The highest BCUT2D eigenvalue weighted by molar-refractivity contribution is 5.79. The molecule has 0 heterocycles. The zero-order valence-corrected chi connectivity index (χ0v) is 10.9. The molecule has 1 N–H and O–H groups in total. The predicted molar refractivity (Wildman–Crippen MR) is 66.8 cm³/mol. The Morgan fingerprint density at radius 3 is 2.06 bits per heavy atom. The van der Waals surface area contributed by atoms with Crippen molar-refractivity contribution in [3.05, 3.63) is 12.2 Å². The molecule has 0 radical (unpaired) electrons. The third kappa shape index (κ3) is 6.73. The number of carbonyl (C=O) groups is 2. The van der Waals surface area contributed by atoms with E-state index < -0.39 is 5.97 Å². The second-order valence-electron chi connectivity index (χ2n) is 4.06. The van der Waals surface area contributed by atoms with Gasteiger partial charge < -0.3 is 10.0 Å². The van der Waals surface area contributed by atoms with Gasteiger partial charge in [0.1, 0.15) is 0 Å². The van der Waals surface area contributed by atoms with Gasteiger partial charge in [0, 0.05) is 13.1 Å². The lowest BCUT2D eigenvalue weighted by Crippen LogP contribution is -2.42. The van der Waals surface area contributed by atoms with Gasteiger partial charge in [-0.15, -0.1) is 0 Å². The second kappa shape index (κ2) is 7.84. The topological polar surface area (TPSA) is 60.9 Å². The van der Waals surface area contributed by atoms with Crippen LogP contribution in [0.4, 0.5) is 0 Å². The summed E-state index contributed by atoms with van der Waals surface area (Å²) in [5, 5.41) is 8.69. The first-order valence-electron chi connectivity index (χ1n) is 5.77. The zero-order chi connectivity index (χ0) is 13.4. The largest absolute Gasteiger partial charge is 0.480 e. The van der Waals surface area contributed by atoms with Crippen LogP contribution in [0.15, 0.2) is 12.2 Å². The fraction of sp³-hybridized carbons (Fsp3) is 0.667. The van der Waals surface area contributed by atoms with Gasteiger partial charge in [-0.1, -0.05) is 19.1 Å². The van der Waals surface area contributed by atoms with E-state index in [1.165, 1.54) is 0 Å². The van der Waals surface area contributed by atoms with Gasteiger partial charge in [-0.05, 0) is 20.4 Å². The van der Waals surface area contributed by atoms with Crippen molar-refractivity contribution in [2.24, 2.45) is 0 Å². The molecule has 98 valence electrons. The van der Waals surface area contributed by atoms with Crippen LogP contribution < -0.4 is 0 Å². The molecule has 0 bridgehead atoms. The van der Waals surface area contributed by atoms with Crippen LogP contribution >= 0.6 is 0 Å². The summed E-state index contributed by atoms with van der Waals surface area (Å²) in [6.07, 6.45) is 0. The van der Waals surface area contributed by atoms with Gasteiger partial charge in [0.2, 0.25) is 5.91 Å². The van der Waals surface area contributed by atoms with E-state index in [0.717, 1.165) is 5.57 Å². The van der Waals surface area contributed by atoms with Gasteiger partial charge in [0.15, 0.2) is 0 Å². The van der Waals surface area contributed by atoms with Crippen molar-refractivity contribution in [1.82, 2.24) is 9.80 Å². The van der Waals surface area contributed by atoms with Crippen LogP contribution in [-0.4, -0.2) is 59.5 Å². The molecule has 0 atom stereocenters. The van der Waals surface area contributed by atoms with Crippen LogP contribution in [0.1, 0.15) is 20.8 Å². The van der Waals surface area contributed by atoms with E-state index in [-0.39, 0.29) is 19.0 Å². The van der Waals surface area contributed by atoms with Crippen molar-refractivity contribution in [2.75, 3.05) is 32.7 Å². The van der Waals surface area contributed by atoms with E-state index in [1.54, 1.807) is 9.80 Å². The van der Waals surface area contributed by atoms with Gasteiger partial charge in [-0.3, -0.25) is 14.5 Å². The Hall–Kier alpha value is -1.36. The molecule has 5 heteroatoms. The fourth-order valence-electron chi connectivity index (χ4n) is 1.46. The number of hydrogen-bond acceptors (Lipinski definition) is 3. The number of carboxylic acids is 1. The Bertz CT molecular complexity index is 289. The van der Waals surface area contributed by atoms with Crippen molar-refractivity contribution < 1.29 is 14.7 Å². The van der Waals surface area contributed by atoms with E-state index in [1.807, 2.05) is 20.8 Å². The van der Waals surface area contributed by atoms with E-state index >= 15 is 0 Å². The van der Waals surface area contributed by atoms with E-state index in [0.29, 0.717) is 19.6 Å².